The summed E-state index contributed by atoms with van der Waals surface area (Å²) in [6.07, 6.45) is 0.754. The van der Waals surface area contributed by atoms with Gasteiger partial charge in [0.05, 0.1) is 13.2 Å². The maximum Gasteiger partial charge on any atom is 2.00 e. The van der Waals surface area contributed by atoms with E-state index in [9.17, 15) is 0 Å². The minimum atomic E-state index is -0.0522. The van der Waals surface area contributed by atoms with Crippen LogP contribution in [0.1, 0.15) is 5.56 Å². The summed E-state index contributed by atoms with van der Waals surface area (Å²) in [5, 5.41) is 0. The maximum absolute atomic E-state index is 5.31. The van der Waals surface area contributed by atoms with E-state index in [1.54, 1.807) is 0 Å². The van der Waals surface area contributed by atoms with Crippen LogP contribution in [0.15, 0.2) is 24.3 Å². The van der Waals surface area contributed by atoms with Gasteiger partial charge in [-0.1, -0.05) is 0 Å². The minimum Gasteiger partial charge on any atom is -1.00 e. The normalized spacial score (nSPS) is 15.7. The number of hydrogen-bond acceptors (Lipinski definition) is 2. The molecule has 0 amide bonds. The van der Waals surface area contributed by atoms with E-state index in [1.165, 1.54) is 0 Å². The van der Waals surface area contributed by atoms with Gasteiger partial charge in [0.1, 0.15) is 0 Å². The van der Waals surface area contributed by atoms with Gasteiger partial charge in [-0.3, -0.25) is 0 Å². The molecule has 72 valence electrons. The van der Waals surface area contributed by atoms with Crippen LogP contribution in [0.5, 0.6) is 0 Å². The minimum absolute atomic E-state index is 0. The Labute approximate surface area is 111 Å². The van der Waals surface area contributed by atoms with Crippen LogP contribution in [-0.2, 0) is 15.9 Å². The molecular formula is C10H11BrMgO2. The molecule has 1 aliphatic rings. The van der Waals surface area contributed by atoms with Gasteiger partial charge in [0, 0.05) is 6.42 Å². The van der Waals surface area contributed by atoms with Crippen molar-refractivity contribution in [1.29, 1.82) is 0 Å². The Morgan fingerprint density at radius 2 is 2.00 bits per heavy atom. The van der Waals surface area contributed by atoms with Crippen molar-refractivity contribution < 1.29 is 26.5 Å². The summed E-state index contributed by atoms with van der Waals surface area (Å²) in [5.74, 6) is 0. The molecule has 2 nitrogen and oxygen atoms in total. The van der Waals surface area contributed by atoms with Crippen molar-refractivity contribution in [2.24, 2.45) is 0 Å². The van der Waals surface area contributed by atoms with Crippen LogP contribution < -0.4 is 17.0 Å². The van der Waals surface area contributed by atoms with Crippen LogP contribution in [0.25, 0.3) is 0 Å². The number of halogens is 1. The summed E-state index contributed by atoms with van der Waals surface area (Å²) in [6.45, 7) is 1.44. The van der Waals surface area contributed by atoms with Gasteiger partial charge in [-0.15, -0.1) is 0 Å². The third kappa shape index (κ3) is 4.27. The Kier molecular flexibility index (Phi) is 7.86. The van der Waals surface area contributed by atoms with E-state index < -0.39 is 0 Å². The summed E-state index contributed by atoms with van der Waals surface area (Å²) in [5.41, 5.74) is 1.14. The quantitative estimate of drug-likeness (QED) is 0.457. The predicted octanol–water partition coefficient (Wildman–Crippen LogP) is -1.97. The van der Waals surface area contributed by atoms with Gasteiger partial charge >= 0.3 is 23.1 Å². The Morgan fingerprint density at radius 3 is 2.57 bits per heavy atom. The summed E-state index contributed by atoms with van der Waals surface area (Å²) in [7, 11) is 0. The SMILES string of the molecule is [Br-].[Mg+2].[c-]1ccccc1CC1OCCO1. The molecule has 0 aliphatic carbocycles. The Morgan fingerprint density at radius 1 is 1.29 bits per heavy atom. The molecule has 1 saturated heterocycles. The van der Waals surface area contributed by atoms with Gasteiger partial charge in [0.25, 0.3) is 0 Å². The Bertz CT molecular complexity index is 237. The van der Waals surface area contributed by atoms with Crippen molar-refractivity contribution in [3.8, 4) is 0 Å². The zero-order chi connectivity index (χ0) is 8.23. The second-order valence-electron chi connectivity index (χ2n) is 2.76. The number of hydrogen-bond donors (Lipinski definition) is 0. The van der Waals surface area contributed by atoms with E-state index in [0.717, 1.165) is 25.2 Å². The fourth-order valence-corrected chi connectivity index (χ4v) is 1.26. The summed E-state index contributed by atoms with van der Waals surface area (Å²) in [6, 6.07) is 11.0. The van der Waals surface area contributed by atoms with Crippen molar-refractivity contribution in [3.05, 3.63) is 35.9 Å². The smallest absolute Gasteiger partial charge is 1.00 e. The Hall–Kier alpha value is 0.386. The molecule has 0 bridgehead atoms. The van der Waals surface area contributed by atoms with Gasteiger partial charge in [-0.05, 0) is 0 Å². The first kappa shape index (κ1) is 14.4. The molecule has 0 spiro atoms. The first-order chi connectivity index (χ1) is 5.95. The molecule has 1 aromatic rings. The van der Waals surface area contributed by atoms with E-state index in [1.807, 2.05) is 24.3 Å². The molecule has 1 fully saturated rings. The summed E-state index contributed by atoms with van der Waals surface area (Å²) < 4.78 is 10.6. The average molecular weight is 267 g/mol. The average Bonchev–Trinajstić information content (AvgIpc) is 2.59. The molecule has 0 saturated carbocycles. The molecule has 0 N–H and O–H groups in total. The molecule has 1 aliphatic heterocycles. The monoisotopic (exact) mass is 266 g/mol. The van der Waals surface area contributed by atoms with Crippen LogP contribution >= 0.6 is 0 Å². The van der Waals surface area contributed by atoms with Crippen molar-refractivity contribution in [1.82, 2.24) is 0 Å². The van der Waals surface area contributed by atoms with Gasteiger partial charge in [0.2, 0.25) is 0 Å². The van der Waals surface area contributed by atoms with E-state index in [2.05, 4.69) is 6.07 Å². The zero-order valence-corrected chi connectivity index (χ0v) is 10.9. The van der Waals surface area contributed by atoms with E-state index in [4.69, 9.17) is 9.47 Å². The van der Waals surface area contributed by atoms with Crippen LogP contribution in [0.2, 0.25) is 0 Å². The number of benzene rings is 1. The fourth-order valence-electron chi connectivity index (χ4n) is 1.26. The Balaban J connectivity index is 0.000000845. The van der Waals surface area contributed by atoms with Gasteiger partial charge in [0.15, 0.2) is 6.29 Å². The third-order valence-electron chi connectivity index (χ3n) is 1.85. The van der Waals surface area contributed by atoms with Crippen LogP contribution in [-0.4, -0.2) is 42.6 Å². The van der Waals surface area contributed by atoms with Crippen molar-refractivity contribution in [2.45, 2.75) is 12.7 Å². The van der Waals surface area contributed by atoms with Gasteiger partial charge in [-0.25, -0.2) is 0 Å². The van der Waals surface area contributed by atoms with Crippen molar-refractivity contribution in [3.63, 3.8) is 0 Å². The molecular weight excluding hydrogens is 256 g/mol. The summed E-state index contributed by atoms with van der Waals surface area (Å²) >= 11 is 0. The first-order valence-electron chi connectivity index (χ1n) is 4.14. The van der Waals surface area contributed by atoms with Crippen LogP contribution in [0.4, 0.5) is 0 Å². The predicted molar refractivity (Wildman–Crippen MR) is 50.4 cm³/mol. The van der Waals surface area contributed by atoms with Crippen molar-refractivity contribution in [2.75, 3.05) is 13.2 Å². The largest absolute Gasteiger partial charge is 2.00 e. The molecule has 0 radical (unpaired) electrons. The molecule has 1 heterocycles. The van der Waals surface area contributed by atoms with Gasteiger partial charge < -0.3 is 26.5 Å². The van der Waals surface area contributed by atoms with Crippen LogP contribution in [0.3, 0.4) is 0 Å². The van der Waals surface area contributed by atoms with Crippen LogP contribution in [0, 0.1) is 6.07 Å². The maximum atomic E-state index is 5.31. The molecule has 14 heavy (non-hydrogen) atoms. The first-order valence-corrected chi connectivity index (χ1v) is 4.14. The second kappa shape index (κ2) is 7.65. The van der Waals surface area contributed by atoms with Crippen molar-refractivity contribution >= 4 is 23.1 Å². The number of rotatable bonds is 2. The second-order valence-corrected chi connectivity index (χ2v) is 2.76. The third-order valence-corrected chi connectivity index (χ3v) is 1.85. The molecule has 0 unspecified atom stereocenters. The topological polar surface area (TPSA) is 18.5 Å². The molecule has 4 heteroatoms. The molecule has 0 atom stereocenters. The molecule has 2 rings (SSSR count). The van der Waals surface area contributed by atoms with E-state index >= 15 is 0 Å². The standard InChI is InChI=1S/C10H11O2.BrH.Mg/c1-2-4-9(5-3-1)8-10-11-6-7-12-10;;/h1-4,10H,6-8H2;1H;/q-1;;+2/p-1. The fraction of sp³-hybridized carbons (Fsp3) is 0.400. The molecule has 0 aromatic heterocycles. The zero-order valence-electron chi connectivity index (χ0n) is 7.91. The number of ether oxygens (including phenoxy) is 2. The van der Waals surface area contributed by atoms with E-state index in [0.29, 0.717) is 0 Å². The molecule has 1 aromatic carbocycles. The van der Waals surface area contributed by atoms with E-state index in [-0.39, 0.29) is 46.3 Å². The van der Waals surface area contributed by atoms with Gasteiger partial charge in [-0.2, -0.15) is 35.9 Å². The summed E-state index contributed by atoms with van der Waals surface area (Å²) in [4.78, 5) is 0.